The summed E-state index contributed by atoms with van der Waals surface area (Å²) in [5, 5.41) is 0. The molecule has 0 aromatic heterocycles. The number of aldehydes is 1. The molecule has 25 heavy (non-hydrogen) atoms. The average molecular weight is 365 g/mol. The molecule has 5 nitrogen and oxygen atoms in total. The highest BCUT2D eigenvalue weighted by Crippen LogP contribution is 2.29. The van der Waals surface area contributed by atoms with Gasteiger partial charge < -0.3 is 14.3 Å². The van der Waals surface area contributed by atoms with Gasteiger partial charge in [-0.15, -0.1) is 23.3 Å². The van der Waals surface area contributed by atoms with Gasteiger partial charge in [-0.2, -0.15) is 0 Å². The number of hydrogen-bond donors (Lipinski definition) is 0. The number of carbonyl (C=O) groups is 3. The van der Waals surface area contributed by atoms with Crippen LogP contribution in [0, 0.1) is 28.7 Å². The van der Waals surface area contributed by atoms with Crippen LogP contribution in [0.5, 0.6) is 0 Å². The molecule has 0 amide bonds. The lowest BCUT2D eigenvalue weighted by molar-refractivity contribution is -0.172. The van der Waals surface area contributed by atoms with Crippen LogP contribution in [0.2, 0.25) is 19.6 Å². The lowest BCUT2D eigenvalue weighted by Gasteiger charge is -2.25. The molecule has 0 saturated carbocycles. The van der Waals surface area contributed by atoms with Crippen LogP contribution in [0.3, 0.4) is 0 Å². The molecule has 138 valence electrons. The molecule has 6 heteroatoms. The van der Waals surface area contributed by atoms with Gasteiger partial charge in [-0.05, 0) is 13.8 Å². The molecule has 0 rings (SSSR count). The van der Waals surface area contributed by atoms with Crippen LogP contribution in [-0.2, 0) is 23.9 Å². The number of carbonyl (C=O) groups excluding carboxylic acids is 3. The number of unbranched alkanes of at least 4 members (excludes halogenated alkanes) is 1. The Labute approximate surface area is 151 Å². The van der Waals surface area contributed by atoms with E-state index in [0.29, 0.717) is 19.1 Å². The third-order valence-electron chi connectivity index (χ3n) is 3.12. The van der Waals surface area contributed by atoms with Crippen LogP contribution in [0.4, 0.5) is 0 Å². The SMILES string of the molecule is CCOC(=O)C(CC#CCCC#C[Si](C)(C)C)(CC=O)C(=O)OCC. The lowest BCUT2D eigenvalue weighted by atomic mass is 9.81. The Hall–Kier alpha value is -2.05. The van der Waals surface area contributed by atoms with E-state index in [0.717, 1.165) is 0 Å². The highest BCUT2D eigenvalue weighted by Gasteiger charge is 2.48. The smallest absolute Gasteiger partial charge is 0.324 e. The fourth-order valence-corrected chi connectivity index (χ4v) is 2.56. The van der Waals surface area contributed by atoms with Gasteiger partial charge in [0.25, 0.3) is 0 Å². The summed E-state index contributed by atoms with van der Waals surface area (Å²) in [5.41, 5.74) is 1.56. The number of esters is 2. The van der Waals surface area contributed by atoms with Crippen molar-refractivity contribution in [2.75, 3.05) is 13.2 Å². The maximum absolute atomic E-state index is 12.3. The maximum Gasteiger partial charge on any atom is 0.324 e. The second-order valence-corrected chi connectivity index (χ2v) is 11.2. The topological polar surface area (TPSA) is 69.7 Å². The normalized spacial score (nSPS) is 10.6. The fourth-order valence-electron chi connectivity index (χ4n) is 1.90. The van der Waals surface area contributed by atoms with E-state index in [1.807, 2.05) is 0 Å². The number of hydrogen-bond acceptors (Lipinski definition) is 5. The second-order valence-electron chi connectivity index (χ2n) is 6.48. The molecular weight excluding hydrogens is 336 g/mol. The van der Waals surface area contributed by atoms with Crippen molar-refractivity contribution in [1.82, 2.24) is 0 Å². The molecule has 0 saturated heterocycles. The minimum absolute atomic E-state index is 0.106. The standard InChI is InChI=1S/C19H28O5Si/c1-6-23-17(21)19(14-15-20,18(22)24-7-2)13-11-9-8-10-12-16-25(3,4)5/h15H,6-8,10,13-14H2,1-5H3. The van der Waals surface area contributed by atoms with Crippen LogP contribution in [0.25, 0.3) is 0 Å². The van der Waals surface area contributed by atoms with Gasteiger partial charge in [0.15, 0.2) is 5.41 Å². The van der Waals surface area contributed by atoms with E-state index >= 15 is 0 Å². The zero-order valence-electron chi connectivity index (χ0n) is 15.9. The third-order valence-corrected chi connectivity index (χ3v) is 4.04. The summed E-state index contributed by atoms with van der Waals surface area (Å²) in [7, 11) is -1.39. The van der Waals surface area contributed by atoms with E-state index in [-0.39, 0.29) is 26.1 Å². The molecule has 0 radical (unpaired) electrons. The second kappa shape index (κ2) is 11.5. The molecule has 0 aromatic carbocycles. The van der Waals surface area contributed by atoms with Gasteiger partial charge in [-0.3, -0.25) is 9.59 Å². The Balaban J connectivity index is 5.14. The molecular formula is C19H28O5Si. The molecule has 0 fully saturated rings. The van der Waals surface area contributed by atoms with Crippen LogP contribution in [0.15, 0.2) is 0 Å². The Kier molecular flexibility index (Phi) is 10.5. The summed E-state index contributed by atoms with van der Waals surface area (Å²) in [6.07, 6.45) is 1.28. The highest BCUT2D eigenvalue weighted by atomic mass is 28.3. The minimum Gasteiger partial charge on any atom is -0.465 e. The van der Waals surface area contributed by atoms with E-state index in [1.54, 1.807) is 13.8 Å². The molecule has 0 aliphatic heterocycles. The van der Waals surface area contributed by atoms with E-state index in [9.17, 15) is 14.4 Å². The fraction of sp³-hybridized carbons (Fsp3) is 0.632. The Morgan fingerprint density at radius 3 is 1.92 bits per heavy atom. The molecule has 0 heterocycles. The van der Waals surface area contributed by atoms with Gasteiger partial charge in [-0.1, -0.05) is 19.6 Å². The van der Waals surface area contributed by atoms with Gasteiger partial charge in [0.2, 0.25) is 0 Å². The molecule has 0 N–H and O–H groups in total. The van der Waals surface area contributed by atoms with Gasteiger partial charge in [0.05, 0.1) is 13.2 Å². The predicted octanol–water partition coefficient (Wildman–Crippen LogP) is 2.74. The Morgan fingerprint density at radius 2 is 1.48 bits per heavy atom. The highest BCUT2D eigenvalue weighted by molar-refractivity contribution is 6.83. The van der Waals surface area contributed by atoms with Gasteiger partial charge >= 0.3 is 11.9 Å². The summed E-state index contributed by atoms with van der Waals surface area (Å²) in [5.74, 6) is 7.30. The van der Waals surface area contributed by atoms with Crippen molar-refractivity contribution < 1.29 is 23.9 Å². The van der Waals surface area contributed by atoms with Crippen molar-refractivity contribution in [3.8, 4) is 23.3 Å². The van der Waals surface area contributed by atoms with Crippen molar-refractivity contribution >= 4 is 26.3 Å². The molecule has 0 unspecified atom stereocenters. The van der Waals surface area contributed by atoms with Crippen LogP contribution >= 0.6 is 0 Å². The predicted molar refractivity (Wildman–Crippen MR) is 99.1 cm³/mol. The minimum atomic E-state index is -1.69. The average Bonchev–Trinajstić information content (AvgIpc) is 2.52. The first kappa shape index (κ1) is 22.9. The van der Waals surface area contributed by atoms with Crippen molar-refractivity contribution in [3.63, 3.8) is 0 Å². The molecule has 0 aliphatic rings. The summed E-state index contributed by atoms with van der Waals surface area (Å²) < 4.78 is 9.95. The summed E-state index contributed by atoms with van der Waals surface area (Å²) in [6, 6.07) is 0. The molecule has 0 spiro atoms. The van der Waals surface area contributed by atoms with E-state index in [4.69, 9.17) is 9.47 Å². The van der Waals surface area contributed by atoms with Crippen molar-refractivity contribution in [3.05, 3.63) is 0 Å². The molecule has 0 atom stereocenters. The van der Waals surface area contributed by atoms with Gasteiger partial charge in [-0.25, -0.2) is 0 Å². The van der Waals surface area contributed by atoms with Crippen molar-refractivity contribution in [2.45, 2.75) is 59.2 Å². The van der Waals surface area contributed by atoms with E-state index < -0.39 is 25.4 Å². The molecule has 0 bridgehead atoms. The monoisotopic (exact) mass is 364 g/mol. The first-order valence-electron chi connectivity index (χ1n) is 8.47. The van der Waals surface area contributed by atoms with E-state index in [1.165, 1.54) is 0 Å². The van der Waals surface area contributed by atoms with Crippen LogP contribution in [-0.4, -0.2) is 39.5 Å². The largest absolute Gasteiger partial charge is 0.465 e. The third kappa shape index (κ3) is 8.56. The Bertz CT molecular complexity index is 563. The summed E-state index contributed by atoms with van der Waals surface area (Å²) in [6.45, 7) is 9.99. The quantitative estimate of drug-likeness (QED) is 0.165. The van der Waals surface area contributed by atoms with Crippen molar-refractivity contribution in [2.24, 2.45) is 5.41 Å². The van der Waals surface area contributed by atoms with Crippen molar-refractivity contribution in [1.29, 1.82) is 0 Å². The number of ether oxygens (including phenoxy) is 2. The lowest BCUT2D eigenvalue weighted by Crippen LogP contribution is -2.42. The first-order chi connectivity index (χ1) is 11.7. The molecule has 0 aromatic rings. The van der Waals surface area contributed by atoms with Crippen LogP contribution < -0.4 is 0 Å². The zero-order valence-corrected chi connectivity index (χ0v) is 16.9. The summed E-state index contributed by atoms with van der Waals surface area (Å²) >= 11 is 0. The zero-order chi connectivity index (χ0) is 19.3. The van der Waals surface area contributed by atoms with Crippen LogP contribution in [0.1, 0.15) is 39.5 Å². The first-order valence-corrected chi connectivity index (χ1v) is 12.0. The maximum atomic E-state index is 12.3. The van der Waals surface area contributed by atoms with Gasteiger partial charge in [0.1, 0.15) is 14.4 Å². The summed E-state index contributed by atoms with van der Waals surface area (Å²) in [4.78, 5) is 35.6. The Morgan fingerprint density at radius 1 is 0.960 bits per heavy atom. The number of rotatable bonds is 8. The van der Waals surface area contributed by atoms with Gasteiger partial charge in [0, 0.05) is 25.7 Å². The van der Waals surface area contributed by atoms with E-state index in [2.05, 4.69) is 42.9 Å². The molecule has 0 aliphatic carbocycles.